The first kappa shape index (κ1) is 20.0. The van der Waals surface area contributed by atoms with Crippen molar-refractivity contribution in [2.45, 2.75) is 6.54 Å². The van der Waals surface area contributed by atoms with Crippen LogP contribution in [0.25, 0.3) is 0 Å². The van der Waals surface area contributed by atoms with E-state index < -0.39 is 5.97 Å². The number of carboxylic acid groups (broad SMARTS) is 1. The minimum Gasteiger partial charge on any atom is -0.497 e. The summed E-state index contributed by atoms with van der Waals surface area (Å²) in [5.74, 6) is 0.124. The molecule has 0 radical (unpaired) electrons. The van der Waals surface area contributed by atoms with Gasteiger partial charge < -0.3 is 9.84 Å². The highest BCUT2D eigenvalue weighted by Crippen LogP contribution is 2.14. The van der Waals surface area contributed by atoms with Crippen molar-refractivity contribution >= 4 is 30.8 Å². The molecule has 0 aliphatic carbocycles. The average Bonchev–Trinajstić information content (AvgIpc) is 2.41. The molecule has 1 fully saturated rings. The monoisotopic (exact) mass is 336 g/mol. The Morgan fingerprint density at radius 2 is 1.62 bits per heavy atom. The number of carbonyl (C=O) groups is 1. The van der Waals surface area contributed by atoms with E-state index in [1.165, 1.54) is 5.56 Å². The molecule has 0 amide bonds. The summed E-state index contributed by atoms with van der Waals surface area (Å²) in [4.78, 5) is 15.0. The topological polar surface area (TPSA) is 53.0 Å². The number of benzene rings is 1. The molecule has 1 aromatic carbocycles. The molecule has 0 spiro atoms. The molecule has 0 atom stereocenters. The molecule has 1 aliphatic heterocycles. The van der Waals surface area contributed by atoms with Gasteiger partial charge in [-0.2, -0.15) is 0 Å². The molecule has 1 heterocycles. The first-order valence-electron chi connectivity index (χ1n) is 6.47. The van der Waals surface area contributed by atoms with E-state index in [0.717, 1.165) is 38.5 Å². The second-order valence-electron chi connectivity index (χ2n) is 4.79. The summed E-state index contributed by atoms with van der Waals surface area (Å²) >= 11 is 0. The smallest absolute Gasteiger partial charge is 0.317 e. The predicted molar refractivity (Wildman–Crippen MR) is 86.8 cm³/mol. The molecule has 0 aromatic heterocycles. The van der Waals surface area contributed by atoms with E-state index in [1.807, 2.05) is 17.0 Å². The van der Waals surface area contributed by atoms with Crippen LogP contribution in [-0.4, -0.2) is 60.7 Å². The number of nitrogens with zero attached hydrogens (tertiary/aromatic N) is 2. The molecule has 1 saturated heterocycles. The second kappa shape index (κ2) is 9.84. The van der Waals surface area contributed by atoms with Gasteiger partial charge in [-0.3, -0.25) is 14.6 Å². The fourth-order valence-corrected chi connectivity index (χ4v) is 2.29. The third-order valence-corrected chi connectivity index (χ3v) is 3.39. The van der Waals surface area contributed by atoms with Gasteiger partial charge in [0.1, 0.15) is 5.75 Å². The van der Waals surface area contributed by atoms with Crippen LogP contribution in [0.1, 0.15) is 5.56 Å². The van der Waals surface area contributed by atoms with Gasteiger partial charge in [0.15, 0.2) is 0 Å². The highest BCUT2D eigenvalue weighted by atomic mass is 35.5. The number of halogens is 2. The Labute approximate surface area is 137 Å². The van der Waals surface area contributed by atoms with E-state index in [9.17, 15) is 4.79 Å². The molecule has 2 rings (SSSR count). The fraction of sp³-hybridized carbons (Fsp3) is 0.500. The van der Waals surface area contributed by atoms with Crippen LogP contribution in [0.5, 0.6) is 5.75 Å². The molecular formula is C14H22Cl2N2O3. The molecule has 5 nitrogen and oxygen atoms in total. The van der Waals surface area contributed by atoms with Gasteiger partial charge in [0, 0.05) is 32.7 Å². The number of aliphatic carboxylic acids is 1. The SMILES string of the molecule is COc1ccc(CN2CCN(CC(=O)O)CC2)cc1.Cl.Cl. The van der Waals surface area contributed by atoms with Gasteiger partial charge in [0.05, 0.1) is 13.7 Å². The molecular weight excluding hydrogens is 315 g/mol. The predicted octanol–water partition coefficient (Wildman–Crippen LogP) is 1.74. The lowest BCUT2D eigenvalue weighted by molar-refractivity contribution is -0.138. The Morgan fingerprint density at radius 3 is 2.10 bits per heavy atom. The van der Waals surface area contributed by atoms with Crippen LogP contribution in [0.15, 0.2) is 24.3 Å². The van der Waals surface area contributed by atoms with Crippen molar-refractivity contribution in [1.29, 1.82) is 0 Å². The van der Waals surface area contributed by atoms with E-state index in [-0.39, 0.29) is 31.4 Å². The number of carboxylic acids is 1. The van der Waals surface area contributed by atoms with Gasteiger partial charge in [-0.15, -0.1) is 24.8 Å². The van der Waals surface area contributed by atoms with Gasteiger partial charge in [0.25, 0.3) is 0 Å². The van der Waals surface area contributed by atoms with E-state index in [2.05, 4.69) is 17.0 Å². The first-order chi connectivity index (χ1) is 9.17. The summed E-state index contributed by atoms with van der Waals surface area (Å²) in [6, 6.07) is 8.08. The maximum absolute atomic E-state index is 10.6. The van der Waals surface area contributed by atoms with Gasteiger partial charge in [-0.1, -0.05) is 12.1 Å². The van der Waals surface area contributed by atoms with Gasteiger partial charge in [-0.05, 0) is 17.7 Å². The van der Waals surface area contributed by atoms with Crippen LogP contribution in [0, 0.1) is 0 Å². The van der Waals surface area contributed by atoms with Crippen LogP contribution in [0.2, 0.25) is 0 Å². The van der Waals surface area contributed by atoms with Crippen LogP contribution in [0.3, 0.4) is 0 Å². The Bertz CT molecular complexity index is 421. The molecule has 7 heteroatoms. The zero-order chi connectivity index (χ0) is 13.7. The summed E-state index contributed by atoms with van der Waals surface area (Å²) in [6.07, 6.45) is 0. The molecule has 120 valence electrons. The Kier molecular flexibility index (Phi) is 9.37. The lowest BCUT2D eigenvalue weighted by Gasteiger charge is -2.33. The molecule has 1 aliphatic rings. The number of methoxy groups -OCH3 is 1. The van der Waals surface area contributed by atoms with Crippen molar-refractivity contribution in [3.63, 3.8) is 0 Å². The summed E-state index contributed by atoms with van der Waals surface area (Å²) in [7, 11) is 1.66. The van der Waals surface area contributed by atoms with Gasteiger partial charge >= 0.3 is 5.97 Å². The summed E-state index contributed by atoms with van der Waals surface area (Å²) < 4.78 is 5.13. The second-order valence-corrected chi connectivity index (χ2v) is 4.79. The van der Waals surface area contributed by atoms with Gasteiger partial charge in [-0.25, -0.2) is 0 Å². The van der Waals surface area contributed by atoms with E-state index in [4.69, 9.17) is 9.84 Å². The minimum absolute atomic E-state index is 0. The number of hydrogen-bond acceptors (Lipinski definition) is 4. The first-order valence-corrected chi connectivity index (χ1v) is 6.47. The number of ether oxygens (including phenoxy) is 1. The molecule has 0 bridgehead atoms. The normalized spacial score (nSPS) is 15.7. The Hall–Kier alpha value is -1.01. The third kappa shape index (κ3) is 6.52. The van der Waals surface area contributed by atoms with Crippen molar-refractivity contribution in [1.82, 2.24) is 9.80 Å². The third-order valence-electron chi connectivity index (χ3n) is 3.39. The standard InChI is InChI=1S/C14H20N2O3.2ClH/c1-19-13-4-2-12(3-5-13)10-15-6-8-16(9-7-15)11-14(17)18;;/h2-5H,6-11H2,1H3,(H,17,18);2*1H. The maximum Gasteiger partial charge on any atom is 0.317 e. The number of rotatable bonds is 5. The quantitative estimate of drug-likeness (QED) is 0.887. The highest BCUT2D eigenvalue weighted by Gasteiger charge is 2.18. The maximum atomic E-state index is 10.6. The van der Waals surface area contributed by atoms with Crippen molar-refractivity contribution in [3.05, 3.63) is 29.8 Å². The van der Waals surface area contributed by atoms with Crippen molar-refractivity contribution < 1.29 is 14.6 Å². The molecule has 1 aromatic rings. The van der Waals surface area contributed by atoms with Crippen LogP contribution in [0.4, 0.5) is 0 Å². The summed E-state index contributed by atoms with van der Waals surface area (Å²) in [5, 5.41) is 8.75. The lowest BCUT2D eigenvalue weighted by Crippen LogP contribution is -2.47. The lowest BCUT2D eigenvalue weighted by atomic mass is 10.2. The molecule has 0 unspecified atom stereocenters. The molecule has 1 N–H and O–H groups in total. The highest BCUT2D eigenvalue weighted by molar-refractivity contribution is 5.85. The van der Waals surface area contributed by atoms with E-state index in [1.54, 1.807) is 7.11 Å². The Morgan fingerprint density at radius 1 is 1.10 bits per heavy atom. The van der Waals surface area contributed by atoms with Gasteiger partial charge in [0.2, 0.25) is 0 Å². The Balaban J connectivity index is 0.00000200. The fourth-order valence-electron chi connectivity index (χ4n) is 2.29. The van der Waals surface area contributed by atoms with E-state index in [0.29, 0.717) is 0 Å². The number of piperazine rings is 1. The van der Waals surface area contributed by atoms with Crippen molar-refractivity contribution in [3.8, 4) is 5.75 Å². The van der Waals surface area contributed by atoms with Crippen molar-refractivity contribution in [2.75, 3.05) is 39.8 Å². The summed E-state index contributed by atoms with van der Waals surface area (Å²) in [5.41, 5.74) is 1.26. The zero-order valence-corrected chi connectivity index (χ0v) is 13.7. The molecule has 0 saturated carbocycles. The van der Waals surface area contributed by atoms with Crippen LogP contribution in [-0.2, 0) is 11.3 Å². The molecule has 21 heavy (non-hydrogen) atoms. The summed E-state index contributed by atoms with van der Waals surface area (Å²) in [6.45, 7) is 4.53. The van der Waals surface area contributed by atoms with Crippen molar-refractivity contribution in [2.24, 2.45) is 0 Å². The zero-order valence-electron chi connectivity index (χ0n) is 12.0. The largest absolute Gasteiger partial charge is 0.497 e. The van der Waals surface area contributed by atoms with E-state index >= 15 is 0 Å². The minimum atomic E-state index is -0.747. The van der Waals surface area contributed by atoms with Crippen LogP contribution < -0.4 is 4.74 Å². The number of hydrogen-bond donors (Lipinski definition) is 1. The van der Waals surface area contributed by atoms with Crippen LogP contribution >= 0.6 is 24.8 Å². The average molecular weight is 337 g/mol.